The molecule has 21 heavy (non-hydrogen) atoms. The van der Waals surface area contributed by atoms with Gasteiger partial charge in [-0.1, -0.05) is 35.3 Å². The van der Waals surface area contributed by atoms with Gasteiger partial charge in [0.25, 0.3) is 5.91 Å². The van der Waals surface area contributed by atoms with Gasteiger partial charge < -0.3 is 10.1 Å². The van der Waals surface area contributed by atoms with Crippen molar-refractivity contribution in [2.45, 2.75) is 13.8 Å². The second kappa shape index (κ2) is 6.83. The number of rotatable bonds is 4. The molecule has 0 unspecified atom stereocenters. The van der Waals surface area contributed by atoms with E-state index >= 15 is 0 Å². The van der Waals surface area contributed by atoms with Crippen molar-refractivity contribution in [1.82, 2.24) is 0 Å². The Bertz CT molecular complexity index is 671. The summed E-state index contributed by atoms with van der Waals surface area (Å²) in [6.07, 6.45) is 0. The third-order valence-electron chi connectivity index (χ3n) is 3.12. The second-order valence-corrected chi connectivity index (χ2v) is 5.48. The maximum absolute atomic E-state index is 11.9. The van der Waals surface area contributed by atoms with Gasteiger partial charge in [-0.2, -0.15) is 0 Å². The molecule has 0 atom stereocenters. The number of carbonyl (C=O) groups excluding carboxylic acids is 1. The molecule has 0 aliphatic carbocycles. The number of halogens is 2. The summed E-state index contributed by atoms with van der Waals surface area (Å²) in [4.78, 5) is 11.9. The Kier molecular flexibility index (Phi) is 5.10. The number of anilines is 1. The summed E-state index contributed by atoms with van der Waals surface area (Å²) in [5.41, 5.74) is 2.73. The number of benzene rings is 2. The van der Waals surface area contributed by atoms with Crippen LogP contribution < -0.4 is 10.1 Å². The standard InChI is InChI=1S/C16H15Cl2NO2/c1-10-4-3-5-15(11(10)2)21-9-16(20)19-12-6-7-13(17)14(18)8-12/h3-8H,9H2,1-2H3,(H,19,20). The Balaban J connectivity index is 1.96. The van der Waals surface area contributed by atoms with Gasteiger partial charge in [0.2, 0.25) is 0 Å². The van der Waals surface area contributed by atoms with Crippen molar-refractivity contribution < 1.29 is 9.53 Å². The van der Waals surface area contributed by atoms with Crippen LogP contribution in [0.4, 0.5) is 5.69 Å². The molecular formula is C16H15Cl2NO2. The van der Waals surface area contributed by atoms with E-state index in [1.807, 2.05) is 32.0 Å². The highest BCUT2D eigenvalue weighted by Gasteiger charge is 2.07. The number of aryl methyl sites for hydroxylation is 1. The zero-order valence-electron chi connectivity index (χ0n) is 11.7. The summed E-state index contributed by atoms with van der Waals surface area (Å²) >= 11 is 11.7. The predicted molar refractivity (Wildman–Crippen MR) is 86.5 cm³/mol. The molecule has 2 rings (SSSR count). The normalized spacial score (nSPS) is 10.3. The summed E-state index contributed by atoms with van der Waals surface area (Å²) in [6, 6.07) is 10.6. The van der Waals surface area contributed by atoms with E-state index in [2.05, 4.69) is 5.32 Å². The van der Waals surface area contributed by atoms with E-state index in [4.69, 9.17) is 27.9 Å². The zero-order chi connectivity index (χ0) is 15.4. The predicted octanol–water partition coefficient (Wildman–Crippen LogP) is 4.63. The van der Waals surface area contributed by atoms with Crippen molar-refractivity contribution in [2.75, 3.05) is 11.9 Å². The number of hydrogen-bond acceptors (Lipinski definition) is 2. The van der Waals surface area contributed by atoms with Crippen LogP contribution in [0, 0.1) is 13.8 Å². The maximum atomic E-state index is 11.9. The van der Waals surface area contributed by atoms with Crippen molar-refractivity contribution in [1.29, 1.82) is 0 Å². The molecular weight excluding hydrogens is 309 g/mol. The Morgan fingerprint density at radius 3 is 2.62 bits per heavy atom. The van der Waals surface area contributed by atoms with Gasteiger partial charge in [0.15, 0.2) is 6.61 Å². The fourth-order valence-corrected chi connectivity index (χ4v) is 2.09. The van der Waals surface area contributed by atoms with Crippen LogP contribution in [-0.2, 0) is 4.79 Å². The van der Waals surface area contributed by atoms with Crippen molar-refractivity contribution in [3.63, 3.8) is 0 Å². The lowest BCUT2D eigenvalue weighted by atomic mass is 10.1. The van der Waals surface area contributed by atoms with Gasteiger partial charge in [0.05, 0.1) is 10.0 Å². The number of ether oxygens (including phenoxy) is 1. The molecule has 1 amide bonds. The molecule has 0 bridgehead atoms. The van der Waals surface area contributed by atoms with Gasteiger partial charge in [0.1, 0.15) is 5.75 Å². The highest BCUT2D eigenvalue weighted by atomic mass is 35.5. The maximum Gasteiger partial charge on any atom is 0.262 e. The van der Waals surface area contributed by atoms with Crippen LogP contribution in [0.3, 0.4) is 0 Å². The first-order chi connectivity index (χ1) is 9.97. The van der Waals surface area contributed by atoms with Gasteiger partial charge in [-0.05, 0) is 49.2 Å². The van der Waals surface area contributed by atoms with E-state index in [0.29, 0.717) is 21.5 Å². The number of nitrogens with one attached hydrogen (secondary N) is 1. The van der Waals surface area contributed by atoms with E-state index in [9.17, 15) is 4.79 Å². The van der Waals surface area contributed by atoms with E-state index in [1.54, 1.807) is 18.2 Å². The lowest BCUT2D eigenvalue weighted by Gasteiger charge is -2.11. The minimum Gasteiger partial charge on any atom is -0.483 e. The van der Waals surface area contributed by atoms with Crippen LogP contribution in [0.25, 0.3) is 0 Å². The van der Waals surface area contributed by atoms with Crippen LogP contribution in [-0.4, -0.2) is 12.5 Å². The summed E-state index contributed by atoms with van der Waals surface area (Å²) in [5.74, 6) is 0.452. The topological polar surface area (TPSA) is 38.3 Å². The van der Waals surface area contributed by atoms with Crippen molar-refractivity contribution in [3.8, 4) is 5.75 Å². The first-order valence-electron chi connectivity index (χ1n) is 6.41. The van der Waals surface area contributed by atoms with Gasteiger partial charge in [-0.25, -0.2) is 0 Å². The molecule has 1 N–H and O–H groups in total. The molecule has 2 aromatic carbocycles. The Labute approximate surface area is 133 Å². The minimum atomic E-state index is -0.255. The summed E-state index contributed by atoms with van der Waals surface area (Å²) in [6.45, 7) is 3.89. The highest BCUT2D eigenvalue weighted by Crippen LogP contribution is 2.25. The zero-order valence-corrected chi connectivity index (χ0v) is 13.3. The summed E-state index contributed by atoms with van der Waals surface area (Å²) in [7, 11) is 0. The largest absolute Gasteiger partial charge is 0.483 e. The number of hydrogen-bond donors (Lipinski definition) is 1. The number of amides is 1. The molecule has 110 valence electrons. The van der Waals surface area contributed by atoms with E-state index < -0.39 is 0 Å². The van der Waals surface area contributed by atoms with E-state index in [1.165, 1.54) is 0 Å². The SMILES string of the molecule is Cc1cccc(OCC(=O)Nc2ccc(Cl)c(Cl)c2)c1C. The molecule has 0 fully saturated rings. The molecule has 0 saturated carbocycles. The van der Waals surface area contributed by atoms with Gasteiger partial charge in [-0.15, -0.1) is 0 Å². The van der Waals surface area contributed by atoms with E-state index in [0.717, 1.165) is 11.1 Å². The quantitative estimate of drug-likeness (QED) is 0.890. The van der Waals surface area contributed by atoms with Crippen LogP contribution in [0.2, 0.25) is 10.0 Å². The Hall–Kier alpha value is -1.71. The lowest BCUT2D eigenvalue weighted by Crippen LogP contribution is -2.20. The molecule has 0 aliphatic heterocycles. The average molecular weight is 324 g/mol. The van der Waals surface area contributed by atoms with Gasteiger partial charge >= 0.3 is 0 Å². The summed E-state index contributed by atoms with van der Waals surface area (Å²) < 4.78 is 5.53. The van der Waals surface area contributed by atoms with E-state index in [-0.39, 0.29) is 12.5 Å². The number of carbonyl (C=O) groups is 1. The second-order valence-electron chi connectivity index (χ2n) is 4.66. The first kappa shape index (κ1) is 15.7. The smallest absolute Gasteiger partial charge is 0.262 e. The van der Waals surface area contributed by atoms with Crippen molar-refractivity contribution in [3.05, 3.63) is 57.6 Å². The molecule has 2 aromatic rings. The van der Waals surface area contributed by atoms with Crippen molar-refractivity contribution in [2.24, 2.45) is 0 Å². The van der Waals surface area contributed by atoms with Crippen LogP contribution in [0.1, 0.15) is 11.1 Å². The first-order valence-corrected chi connectivity index (χ1v) is 7.17. The van der Waals surface area contributed by atoms with Crippen LogP contribution in [0.5, 0.6) is 5.75 Å². The fraction of sp³-hybridized carbons (Fsp3) is 0.188. The molecule has 0 radical (unpaired) electrons. The third-order valence-corrected chi connectivity index (χ3v) is 3.86. The summed E-state index contributed by atoms with van der Waals surface area (Å²) in [5, 5.41) is 3.55. The van der Waals surface area contributed by atoms with Gasteiger partial charge in [-0.3, -0.25) is 4.79 Å². The van der Waals surface area contributed by atoms with Crippen LogP contribution >= 0.6 is 23.2 Å². The lowest BCUT2D eigenvalue weighted by molar-refractivity contribution is -0.118. The van der Waals surface area contributed by atoms with Crippen molar-refractivity contribution >= 4 is 34.8 Å². The monoisotopic (exact) mass is 323 g/mol. The molecule has 5 heteroatoms. The fourth-order valence-electron chi connectivity index (χ4n) is 1.79. The molecule has 0 heterocycles. The molecule has 3 nitrogen and oxygen atoms in total. The molecule has 0 aromatic heterocycles. The average Bonchev–Trinajstić information content (AvgIpc) is 2.44. The molecule has 0 spiro atoms. The van der Waals surface area contributed by atoms with Crippen LogP contribution in [0.15, 0.2) is 36.4 Å². The third kappa shape index (κ3) is 4.13. The molecule has 0 saturated heterocycles. The van der Waals surface area contributed by atoms with Gasteiger partial charge in [0, 0.05) is 5.69 Å². The Morgan fingerprint density at radius 1 is 1.14 bits per heavy atom. The molecule has 0 aliphatic rings. The minimum absolute atomic E-state index is 0.0649. The highest BCUT2D eigenvalue weighted by molar-refractivity contribution is 6.42. The Morgan fingerprint density at radius 2 is 1.90 bits per heavy atom.